The number of piperidine rings is 1. The summed E-state index contributed by atoms with van der Waals surface area (Å²) in [7, 11) is 0. The Labute approximate surface area is 171 Å². The van der Waals surface area contributed by atoms with Crippen LogP contribution in [0.15, 0.2) is 48.5 Å². The first-order valence-electron chi connectivity index (χ1n) is 9.55. The van der Waals surface area contributed by atoms with Crippen LogP contribution in [0.4, 0.5) is 18.9 Å². The summed E-state index contributed by atoms with van der Waals surface area (Å²) in [4.78, 5) is 36.1. The second-order valence-corrected chi connectivity index (χ2v) is 7.31. The van der Waals surface area contributed by atoms with Crippen molar-refractivity contribution >= 4 is 23.4 Å². The summed E-state index contributed by atoms with van der Waals surface area (Å²) in [6.45, 7) is 1.88. The van der Waals surface area contributed by atoms with Crippen molar-refractivity contribution in [2.75, 3.05) is 5.32 Å². The fourth-order valence-electron chi connectivity index (χ4n) is 3.64. The van der Waals surface area contributed by atoms with E-state index in [1.165, 1.54) is 12.1 Å². The summed E-state index contributed by atoms with van der Waals surface area (Å²) in [5.74, 6) is -0.967. The zero-order valence-electron chi connectivity index (χ0n) is 16.3. The number of imide groups is 1. The van der Waals surface area contributed by atoms with Gasteiger partial charge >= 0.3 is 6.18 Å². The maximum atomic E-state index is 12.6. The minimum atomic E-state index is -4.42. The van der Waals surface area contributed by atoms with E-state index in [0.717, 1.165) is 17.7 Å². The van der Waals surface area contributed by atoms with E-state index in [9.17, 15) is 27.6 Å². The number of anilines is 1. The van der Waals surface area contributed by atoms with Gasteiger partial charge in [0.25, 0.3) is 0 Å². The number of carbonyl (C=O) groups excluding carboxylic acids is 3. The number of hydrogen-bond acceptors (Lipinski definition) is 3. The Balaban J connectivity index is 1.66. The summed E-state index contributed by atoms with van der Waals surface area (Å²) in [5.41, 5.74) is 0.188. The van der Waals surface area contributed by atoms with Crippen LogP contribution < -0.4 is 10.6 Å². The van der Waals surface area contributed by atoms with E-state index in [1.54, 1.807) is 24.3 Å². The van der Waals surface area contributed by atoms with Gasteiger partial charge < -0.3 is 5.32 Å². The zero-order chi connectivity index (χ0) is 21.9. The Morgan fingerprint density at radius 2 is 1.70 bits per heavy atom. The molecule has 0 aliphatic carbocycles. The van der Waals surface area contributed by atoms with Crippen molar-refractivity contribution in [3.8, 4) is 0 Å². The third kappa shape index (κ3) is 4.53. The van der Waals surface area contributed by atoms with E-state index in [1.807, 2.05) is 6.92 Å². The third-order valence-corrected chi connectivity index (χ3v) is 5.44. The minimum Gasteiger partial charge on any atom is -0.326 e. The molecule has 0 aromatic heterocycles. The highest BCUT2D eigenvalue weighted by Crippen LogP contribution is 2.36. The molecule has 1 fully saturated rings. The molecule has 1 unspecified atom stereocenters. The van der Waals surface area contributed by atoms with Gasteiger partial charge in [-0.2, -0.15) is 13.2 Å². The normalized spacial score (nSPS) is 19.3. The number of nitrogens with one attached hydrogen (secondary N) is 2. The Kier molecular flexibility index (Phi) is 5.96. The molecule has 0 saturated carbocycles. The highest BCUT2D eigenvalue weighted by Gasteiger charge is 2.42. The summed E-state index contributed by atoms with van der Waals surface area (Å²) in [5, 5.41) is 5.09. The first-order valence-corrected chi connectivity index (χ1v) is 9.55. The van der Waals surface area contributed by atoms with Crippen molar-refractivity contribution in [1.82, 2.24) is 5.32 Å². The van der Waals surface area contributed by atoms with Gasteiger partial charge in [-0.3, -0.25) is 19.7 Å². The Morgan fingerprint density at radius 3 is 2.23 bits per heavy atom. The highest BCUT2D eigenvalue weighted by molar-refractivity contribution is 6.03. The van der Waals surface area contributed by atoms with Crippen molar-refractivity contribution in [3.63, 3.8) is 0 Å². The monoisotopic (exact) mass is 418 g/mol. The topological polar surface area (TPSA) is 75.3 Å². The first kappa shape index (κ1) is 21.5. The molecule has 3 amide bonds. The lowest BCUT2D eigenvalue weighted by atomic mass is 9.72. The molecule has 1 heterocycles. The van der Waals surface area contributed by atoms with Gasteiger partial charge in [-0.05, 0) is 48.2 Å². The predicted molar refractivity (Wildman–Crippen MR) is 105 cm³/mol. The molecule has 2 N–H and O–H groups in total. The number of hydrogen-bond donors (Lipinski definition) is 2. The maximum absolute atomic E-state index is 12.6. The average molecular weight is 418 g/mol. The van der Waals surface area contributed by atoms with Crippen LogP contribution in [0.25, 0.3) is 0 Å². The first-order chi connectivity index (χ1) is 14.1. The lowest BCUT2D eigenvalue weighted by Gasteiger charge is -2.35. The van der Waals surface area contributed by atoms with Crippen LogP contribution in [0.1, 0.15) is 42.9 Å². The van der Waals surface area contributed by atoms with Crippen molar-refractivity contribution in [1.29, 1.82) is 0 Å². The SMILES string of the molecule is CCC1(c2ccc(NC(=O)Cc3ccc(C(F)(F)F)cc3)cc2)CCC(=O)NC1=O. The van der Waals surface area contributed by atoms with Gasteiger partial charge in [0.2, 0.25) is 17.7 Å². The Bertz CT molecular complexity index is 953. The zero-order valence-corrected chi connectivity index (χ0v) is 16.3. The van der Waals surface area contributed by atoms with Gasteiger partial charge in [0.1, 0.15) is 0 Å². The molecule has 158 valence electrons. The summed E-state index contributed by atoms with van der Waals surface area (Å²) in [6.07, 6.45) is -3.26. The second-order valence-electron chi connectivity index (χ2n) is 7.31. The van der Waals surface area contributed by atoms with Gasteiger partial charge in [-0.25, -0.2) is 0 Å². The molecule has 30 heavy (non-hydrogen) atoms. The molecule has 1 aliphatic heterocycles. The van der Waals surface area contributed by atoms with Gasteiger partial charge in [-0.1, -0.05) is 31.2 Å². The molecular weight excluding hydrogens is 397 g/mol. The molecule has 3 rings (SSSR count). The van der Waals surface area contributed by atoms with Crippen LogP contribution in [0.3, 0.4) is 0 Å². The predicted octanol–water partition coefficient (Wildman–Crippen LogP) is 3.97. The lowest BCUT2D eigenvalue weighted by Crippen LogP contribution is -2.51. The van der Waals surface area contributed by atoms with Crippen LogP contribution >= 0.6 is 0 Å². The smallest absolute Gasteiger partial charge is 0.326 e. The number of benzene rings is 2. The maximum Gasteiger partial charge on any atom is 0.416 e. The largest absolute Gasteiger partial charge is 0.416 e. The highest BCUT2D eigenvalue weighted by atomic mass is 19.4. The molecule has 0 bridgehead atoms. The van der Waals surface area contributed by atoms with Crippen molar-refractivity contribution < 1.29 is 27.6 Å². The Hall–Kier alpha value is -3.16. The second kappa shape index (κ2) is 8.30. The van der Waals surface area contributed by atoms with E-state index in [4.69, 9.17) is 0 Å². The summed E-state index contributed by atoms with van der Waals surface area (Å²) >= 11 is 0. The molecule has 0 radical (unpaired) electrons. The van der Waals surface area contributed by atoms with Crippen molar-refractivity contribution in [2.45, 2.75) is 44.2 Å². The van der Waals surface area contributed by atoms with Crippen LogP contribution in [-0.2, 0) is 32.4 Å². The third-order valence-electron chi connectivity index (χ3n) is 5.44. The molecular formula is C22H21F3N2O3. The van der Waals surface area contributed by atoms with E-state index < -0.39 is 17.2 Å². The summed E-state index contributed by atoms with van der Waals surface area (Å²) < 4.78 is 37.8. The molecule has 1 atom stereocenters. The number of rotatable bonds is 5. The Morgan fingerprint density at radius 1 is 1.07 bits per heavy atom. The quantitative estimate of drug-likeness (QED) is 0.722. The summed E-state index contributed by atoms with van der Waals surface area (Å²) in [6, 6.07) is 11.3. The van der Waals surface area contributed by atoms with Crippen LogP contribution in [0, 0.1) is 0 Å². The van der Waals surface area contributed by atoms with Gasteiger partial charge in [0.05, 0.1) is 17.4 Å². The number of amides is 3. The van der Waals surface area contributed by atoms with E-state index in [0.29, 0.717) is 24.1 Å². The van der Waals surface area contributed by atoms with Gasteiger partial charge in [0, 0.05) is 12.1 Å². The fraction of sp³-hybridized carbons (Fsp3) is 0.318. The van der Waals surface area contributed by atoms with Gasteiger partial charge in [-0.15, -0.1) is 0 Å². The van der Waals surface area contributed by atoms with E-state index in [-0.39, 0.29) is 30.6 Å². The molecule has 2 aromatic rings. The number of alkyl halides is 3. The minimum absolute atomic E-state index is 0.0662. The van der Waals surface area contributed by atoms with Crippen molar-refractivity contribution in [3.05, 3.63) is 65.2 Å². The van der Waals surface area contributed by atoms with Crippen LogP contribution in [-0.4, -0.2) is 17.7 Å². The molecule has 5 nitrogen and oxygen atoms in total. The molecule has 8 heteroatoms. The number of carbonyl (C=O) groups is 3. The van der Waals surface area contributed by atoms with Gasteiger partial charge in [0.15, 0.2) is 0 Å². The van der Waals surface area contributed by atoms with Crippen molar-refractivity contribution in [2.24, 2.45) is 0 Å². The molecule has 1 aliphatic rings. The number of halogens is 3. The molecule has 0 spiro atoms. The molecule has 2 aromatic carbocycles. The van der Waals surface area contributed by atoms with E-state index in [2.05, 4.69) is 10.6 Å². The fourth-order valence-corrected chi connectivity index (χ4v) is 3.64. The average Bonchev–Trinajstić information content (AvgIpc) is 2.69. The van der Waals surface area contributed by atoms with Crippen LogP contribution in [0.2, 0.25) is 0 Å². The van der Waals surface area contributed by atoms with E-state index >= 15 is 0 Å². The molecule has 1 saturated heterocycles. The van der Waals surface area contributed by atoms with Crippen LogP contribution in [0.5, 0.6) is 0 Å². The lowest BCUT2D eigenvalue weighted by molar-refractivity contribution is -0.139. The standard InChI is InChI=1S/C22H21F3N2O3/c1-2-21(12-11-18(28)27-20(21)30)15-7-9-17(10-8-15)26-19(29)13-14-3-5-16(6-4-14)22(23,24)25/h3-10H,2,11-13H2,1H3,(H,26,29)(H,27,28,30).